The minimum absolute atomic E-state index is 0.241. The van der Waals surface area contributed by atoms with Crippen molar-refractivity contribution in [3.8, 4) is 0 Å². The van der Waals surface area contributed by atoms with Gasteiger partial charge in [0.05, 0.1) is 0 Å². The Hall–Kier alpha value is -2.04. The molecule has 1 aliphatic carbocycles. The SMILES string of the molecule is Cc1ccc(NC(C)C(=O)NC(=O)NC2CC2)cc1C. The van der Waals surface area contributed by atoms with Gasteiger partial charge in [-0.05, 0) is 56.9 Å². The standard InChI is InChI=1S/C15H21N3O2/c1-9-4-5-13(8-10(9)2)16-11(3)14(19)18-15(20)17-12-6-7-12/h4-5,8,11-12,16H,6-7H2,1-3H3,(H2,17,18,19,20). The third kappa shape index (κ3) is 3.98. The van der Waals surface area contributed by atoms with Crippen LogP contribution in [0.4, 0.5) is 10.5 Å². The van der Waals surface area contributed by atoms with Crippen LogP contribution in [0.1, 0.15) is 30.9 Å². The average molecular weight is 275 g/mol. The minimum Gasteiger partial charge on any atom is -0.374 e. The molecule has 0 bridgehead atoms. The van der Waals surface area contributed by atoms with Crippen molar-refractivity contribution >= 4 is 17.6 Å². The molecule has 1 atom stereocenters. The van der Waals surface area contributed by atoms with Crippen LogP contribution < -0.4 is 16.0 Å². The first kappa shape index (κ1) is 14.4. The molecule has 5 nitrogen and oxygen atoms in total. The monoisotopic (exact) mass is 275 g/mol. The highest BCUT2D eigenvalue weighted by Gasteiger charge is 2.24. The van der Waals surface area contributed by atoms with Crippen molar-refractivity contribution in [2.45, 2.75) is 45.7 Å². The summed E-state index contributed by atoms with van der Waals surface area (Å²) < 4.78 is 0. The smallest absolute Gasteiger partial charge is 0.321 e. The van der Waals surface area contributed by atoms with Gasteiger partial charge >= 0.3 is 6.03 Å². The molecule has 0 aromatic heterocycles. The van der Waals surface area contributed by atoms with Gasteiger partial charge in [0.1, 0.15) is 6.04 Å². The van der Waals surface area contributed by atoms with E-state index in [1.807, 2.05) is 32.0 Å². The molecule has 1 fully saturated rings. The number of hydrogen-bond donors (Lipinski definition) is 3. The van der Waals surface area contributed by atoms with E-state index in [4.69, 9.17) is 0 Å². The van der Waals surface area contributed by atoms with E-state index in [9.17, 15) is 9.59 Å². The summed E-state index contributed by atoms with van der Waals surface area (Å²) in [5.74, 6) is -0.332. The molecule has 0 heterocycles. The number of benzene rings is 1. The third-order valence-electron chi connectivity index (χ3n) is 3.43. The molecular weight excluding hydrogens is 254 g/mol. The molecule has 0 saturated heterocycles. The topological polar surface area (TPSA) is 70.2 Å². The molecule has 1 aromatic carbocycles. The number of imide groups is 1. The summed E-state index contributed by atoms with van der Waals surface area (Å²) in [6, 6.07) is 5.28. The van der Waals surface area contributed by atoms with Gasteiger partial charge in [0.2, 0.25) is 5.91 Å². The Labute approximate surface area is 119 Å². The van der Waals surface area contributed by atoms with Crippen molar-refractivity contribution in [2.75, 3.05) is 5.32 Å². The van der Waals surface area contributed by atoms with Crippen molar-refractivity contribution in [1.29, 1.82) is 0 Å². The van der Waals surface area contributed by atoms with Crippen molar-refractivity contribution in [3.05, 3.63) is 29.3 Å². The Bertz CT molecular complexity index is 524. The molecule has 5 heteroatoms. The molecule has 0 radical (unpaired) electrons. The largest absolute Gasteiger partial charge is 0.374 e. The van der Waals surface area contributed by atoms with Crippen LogP contribution in [0.5, 0.6) is 0 Å². The molecule has 108 valence electrons. The molecule has 1 saturated carbocycles. The first-order valence-corrected chi connectivity index (χ1v) is 6.91. The predicted molar refractivity (Wildman–Crippen MR) is 78.7 cm³/mol. The Kier molecular flexibility index (Phi) is 4.27. The second-order valence-corrected chi connectivity index (χ2v) is 5.40. The Morgan fingerprint density at radius 1 is 1.20 bits per heavy atom. The number of carbonyl (C=O) groups excluding carboxylic acids is 2. The number of anilines is 1. The van der Waals surface area contributed by atoms with Gasteiger partial charge in [0.15, 0.2) is 0 Å². The van der Waals surface area contributed by atoms with Gasteiger partial charge < -0.3 is 10.6 Å². The fourth-order valence-electron chi connectivity index (χ4n) is 1.82. The van der Waals surface area contributed by atoms with E-state index in [-0.39, 0.29) is 11.9 Å². The Morgan fingerprint density at radius 3 is 2.50 bits per heavy atom. The van der Waals surface area contributed by atoms with Crippen molar-refractivity contribution in [3.63, 3.8) is 0 Å². The van der Waals surface area contributed by atoms with Crippen LogP contribution >= 0.6 is 0 Å². The van der Waals surface area contributed by atoms with Crippen molar-refractivity contribution in [1.82, 2.24) is 10.6 Å². The zero-order valence-corrected chi connectivity index (χ0v) is 12.1. The van der Waals surface area contributed by atoms with Crippen LogP contribution in [-0.2, 0) is 4.79 Å². The van der Waals surface area contributed by atoms with E-state index < -0.39 is 12.1 Å². The molecule has 1 aliphatic rings. The highest BCUT2D eigenvalue weighted by Crippen LogP contribution is 2.18. The van der Waals surface area contributed by atoms with Gasteiger partial charge in [0, 0.05) is 11.7 Å². The lowest BCUT2D eigenvalue weighted by Gasteiger charge is -2.15. The van der Waals surface area contributed by atoms with E-state index in [0.717, 1.165) is 24.1 Å². The van der Waals surface area contributed by atoms with Crippen LogP contribution in [-0.4, -0.2) is 24.0 Å². The van der Waals surface area contributed by atoms with Gasteiger partial charge in [-0.1, -0.05) is 6.07 Å². The van der Waals surface area contributed by atoms with Crippen LogP contribution in [0.3, 0.4) is 0 Å². The predicted octanol–water partition coefficient (Wildman–Crippen LogP) is 2.09. The second-order valence-electron chi connectivity index (χ2n) is 5.40. The zero-order valence-electron chi connectivity index (χ0n) is 12.1. The molecule has 3 N–H and O–H groups in total. The van der Waals surface area contributed by atoms with E-state index in [2.05, 4.69) is 16.0 Å². The first-order valence-electron chi connectivity index (χ1n) is 6.91. The molecule has 2 rings (SSSR count). The van der Waals surface area contributed by atoms with Gasteiger partial charge in [-0.25, -0.2) is 4.79 Å². The number of carbonyl (C=O) groups is 2. The summed E-state index contributed by atoms with van der Waals surface area (Å²) >= 11 is 0. The van der Waals surface area contributed by atoms with Crippen molar-refractivity contribution < 1.29 is 9.59 Å². The summed E-state index contributed by atoms with van der Waals surface area (Å²) in [5.41, 5.74) is 3.24. The fourth-order valence-corrected chi connectivity index (χ4v) is 1.82. The van der Waals surface area contributed by atoms with E-state index in [1.165, 1.54) is 5.56 Å². The zero-order chi connectivity index (χ0) is 14.7. The second kappa shape index (κ2) is 5.94. The number of rotatable bonds is 4. The molecule has 1 aromatic rings. The maximum Gasteiger partial charge on any atom is 0.321 e. The van der Waals surface area contributed by atoms with Gasteiger partial charge in [-0.3, -0.25) is 10.1 Å². The maximum atomic E-state index is 11.9. The number of hydrogen-bond acceptors (Lipinski definition) is 3. The van der Waals surface area contributed by atoms with Crippen LogP contribution in [0.25, 0.3) is 0 Å². The minimum atomic E-state index is -0.470. The van der Waals surface area contributed by atoms with Crippen LogP contribution in [0.2, 0.25) is 0 Å². The highest BCUT2D eigenvalue weighted by atomic mass is 16.2. The first-order chi connectivity index (χ1) is 9.45. The van der Waals surface area contributed by atoms with E-state index in [1.54, 1.807) is 6.92 Å². The Balaban J connectivity index is 1.86. The van der Waals surface area contributed by atoms with Gasteiger partial charge in [-0.2, -0.15) is 0 Å². The Morgan fingerprint density at radius 2 is 1.90 bits per heavy atom. The fraction of sp³-hybridized carbons (Fsp3) is 0.467. The summed E-state index contributed by atoms with van der Waals surface area (Å²) in [6.45, 7) is 5.79. The number of urea groups is 1. The maximum absolute atomic E-state index is 11.9. The number of amides is 3. The van der Waals surface area contributed by atoms with Crippen LogP contribution in [0.15, 0.2) is 18.2 Å². The lowest BCUT2D eigenvalue weighted by atomic mass is 10.1. The quantitative estimate of drug-likeness (QED) is 0.788. The number of nitrogens with one attached hydrogen (secondary N) is 3. The molecule has 0 aliphatic heterocycles. The normalized spacial score (nSPS) is 15.3. The van der Waals surface area contributed by atoms with Gasteiger partial charge in [-0.15, -0.1) is 0 Å². The average Bonchev–Trinajstić information content (AvgIpc) is 3.17. The van der Waals surface area contributed by atoms with Crippen molar-refractivity contribution in [2.24, 2.45) is 0 Å². The van der Waals surface area contributed by atoms with Crippen LogP contribution in [0, 0.1) is 13.8 Å². The molecule has 1 unspecified atom stereocenters. The lowest BCUT2D eigenvalue weighted by molar-refractivity contribution is -0.120. The summed E-state index contributed by atoms with van der Waals surface area (Å²) in [6.07, 6.45) is 2.00. The molecule has 0 spiro atoms. The third-order valence-corrected chi connectivity index (χ3v) is 3.43. The molecular formula is C15H21N3O2. The van der Waals surface area contributed by atoms with E-state index in [0.29, 0.717) is 0 Å². The highest BCUT2D eigenvalue weighted by molar-refractivity contribution is 5.98. The van der Waals surface area contributed by atoms with Gasteiger partial charge in [0.25, 0.3) is 0 Å². The summed E-state index contributed by atoms with van der Waals surface area (Å²) in [7, 11) is 0. The summed E-state index contributed by atoms with van der Waals surface area (Å²) in [4.78, 5) is 23.4. The lowest BCUT2D eigenvalue weighted by Crippen LogP contribution is -2.46. The van der Waals surface area contributed by atoms with E-state index >= 15 is 0 Å². The number of aryl methyl sites for hydroxylation is 2. The molecule has 3 amide bonds. The summed E-state index contributed by atoms with van der Waals surface area (Å²) in [5, 5.41) is 8.16. The molecule has 20 heavy (non-hydrogen) atoms.